The minimum Gasteiger partial charge on any atom is -0.506 e. The molecule has 1 atom stereocenters. The van der Waals surface area contributed by atoms with Crippen LogP contribution in [0.15, 0.2) is 54.7 Å². The number of amides is 2. The number of phenolic OH excluding ortho intramolecular Hbond substituents is 1. The molecule has 13 nitrogen and oxygen atoms in total. The number of aromatic hydroxyl groups is 1. The summed E-state index contributed by atoms with van der Waals surface area (Å²) in [6, 6.07) is 16.4. The Hall–Kier alpha value is -4.27. The molecule has 2 aromatic carbocycles. The third-order valence-electron chi connectivity index (χ3n) is 12.3. The SMILES string of the molecule is CC(C)c1ccnc(N2CCOC3(CCN(Cc4cccc(CCOCCC(=O)N(CCNC[C@H](O)c5ccc(O)c6c5OCC(=O)N6)C5CCCC5)c4)CC3)C2)c1. The van der Waals surface area contributed by atoms with Crippen LogP contribution in [-0.2, 0) is 32.0 Å². The number of morpholine rings is 1. The number of anilines is 2. The number of aromatic nitrogens is 1. The first-order chi connectivity index (χ1) is 28.2. The van der Waals surface area contributed by atoms with Crippen LogP contribution >= 0.6 is 0 Å². The highest BCUT2D eigenvalue weighted by molar-refractivity contribution is 5.97. The van der Waals surface area contributed by atoms with E-state index in [1.807, 2.05) is 11.1 Å². The summed E-state index contributed by atoms with van der Waals surface area (Å²) in [6.07, 6.45) is 8.42. The second-order valence-corrected chi connectivity index (χ2v) is 16.7. The number of phenols is 1. The number of pyridine rings is 1. The number of ether oxygens (including phenoxy) is 3. The van der Waals surface area contributed by atoms with Gasteiger partial charge in [0.05, 0.1) is 37.9 Å². The van der Waals surface area contributed by atoms with Gasteiger partial charge in [-0.2, -0.15) is 0 Å². The molecule has 0 unspecified atom stereocenters. The zero-order valence-electron chi connectivity index (χ0n) is 34.3. The van der Waals surface area contributed by atoms with E-state index in [0.29, 0.717) is 44.2 Å². The Morgan fingerprint density at radius 2 is 1.90 bits per heavy atom. The average Bonchev–Trinajstić information content (AvgIpc) is 3.77. The summed E-state index contributed by atoms with van der Waals surface area (Å²) in [6.45, 7) is 11.9. The van der Waals surface area contributed by atoms with E-state index in [4.69, 9.17) is 19.2 Å². The first kappa shape index (κ1) is 41.9. The van der Waals surface area contributed by atoms with Crippen LogP contribution in [0, 0.1) is 0 Å². The van der Waals surface area contributed by atoms with Crippen molar-refractivity contribution < 1.29 is 34.0 Å². The molecule has 1 aromatic heterocycles. The van der Waals surface area contributed by atoms with Gasteiger partial charge in [0.1, 0.15) is 17.3 Å². The van der Waals surface area contributed by atoms with E-state index in [1.165, 1.54) is 22.8 Å². The van der Waals surface area contributed by atoms with E-state index in [9.17, 15) is 19.8 Å². The molecule has 3 fully saturated rings. The lowest BCUT2D eigenvalue weighted by atomic mass is 9.89. The average molecular weight is 799 g/mol. The molecule has 58 heavy (non-hydrogen) atoms. The second-order valence-electron chi connectivity index (χ2n) is 16.7. The van der Waals surface area contributed by atoms with E-state index in [-0.39, 0.29) is 53.8 Å². The van der Waals surface area contributed by atoms with Crippen molar-refractivity contribution in [3.8, 4) is 11.5 Å². The lowest BCUT2D eigenvalue weighted by molar-refractivity contribution is -0.134. The molecule has 1 aliphatic carbocycles. The summed E-state index contributed by atoms with van der Waals surface area (Å²) in [4.78, 5) is 36.9. The topological polar surface area (TPSA) is 149 Å². The minimum absolute atomic E-state index is 0.0969. The lowest BCUT2D eigenvalue weighted by Crippen LogP contribution is -2.57. The van der Waals surface area contributed by atoms with Gasteiger partial charge in [-0.05, 0) is 79.0 Å². The predicted octanol–water partition coefficient (Wildman–Crippen LogP) is 5.16. The fourth-order valence-electron chi connectivity index (χ4n) is 8.88. The van der Waals surface area contributed by atoms with E-state index >= 15 is 0 Å². The highest BCUT2D eigenvalue weighted by atomic mass is 16.5. The van der Waals surface area contributed by atoms with E-state index in [1.54, 1.807) is 6.07 Å². The van der Waals surface area contributed by atoms with Crippen LogP contribution in [0.2, 0.25) is 0 Å². The molecule has 4 heterocycles. The molecule has 0 bridgehead atoms. The quantitative estimate of drug-likeness (QED) is 0.106. The van der Waals surface area contributed by atoms with Gasteiger partial charge >= 0.3 is 0 Å². The maximum Gasteiger partial charge on any atom is 0.262 e. The molecule has 4 N–H and O–H groups in total. The Bertz CT molecular complexity index is 1840. The zero-order valence-corrected chi connectivity index (χ0v) is 34.3. The van der Waals surface area contributed by atoms with Crippen LogP contribution < -0.4 is 20.3 Å². The number of hydrogen-bond acceptors (Lipinski definition) is 11. The van der Waals surface area contributed by atoms with Gasteiger partial charge in [-0.25, -0.2) is 4.98 Å². The van der Waals surface area contributed by atoms with Gasteiger partial charge in [-0.3, -0.25) is 14.5 Å². The van der Waals surface area contributed by atoms with Gasteiger partial charge in [-0.1, -0.05) is 51.0 Å². The van der Waals surface area contributed by atoms with Crippen molar-refractivity contribution in [1.82, 2.24) is 20.1 Å². The molecule has 7 rings (SSSR count). The molecular weight excluding hydrogens is 737 g/mol. The van der Waals surface area contributed by atoms with E-state index in [2.05, 4.69) is 70.7 Å². The molecule has 4 aliphatic rings. The molecule has 3 aromatic rings. The zero-order chi connectivity index (χ0) is 40.5. The van der Waals surface area contributed by atoms with Crippen molar-refractivity contribution in [2.75, 3.05) is 82.5 Å². The van der Waals surface area contributed by atoms with Gasteiger partial charge in [0.2, 0.25) is 5.91 Å². The number of piperidine rings is 1. The number of carbonyl (C=O) groups excluding carboxylic acids is 2. The lowest BCUT2D eigenvalue weighted by Gasteiger charge is -2.47. The number of fused-ring (bicyclic) bond motifs is 1. The molecule has 1 saturated carbocycles. The Morgan fingerprint density at radius 1 is 1.09 bits per heavy atom. The number of aliphatic hydroxyl groups excluding tert-OH is 1. The standard InChI is InChI=1S/C45H62N6O7/c1-32(2)35-12-17-47-40(27-35)50-22-25-58-45(31-50)15-19-49(20-16-45)29-34-7-5-6-33(26-34)13-23-56-24-14-42(55)51(36-8-3-4-9-36)21-18-46-28-39(53)37-10-11-38(52)43-44(37)57-30-41(54)48-43/h5-7,10-12,17,26-27,32,36,39,46,52-53H,3-4,8-9,13-16,18-25,28-31H2,1-2H3,(H,48,54)/t39-/m0/s1. The van der Waals surface area contributed by atoms with Crippen LogP contribution in [0.1, 0.15) is 93.1 Å². The largest absolute Gasteiger partial charge is 0.506 e. The molecule has 2 saturated heterocycles. The molecule has 1 spiro atoms. The number of nitrogens with one attached hydrogen (secondary N) is 2. The second kappa shape index (κ2) is 19.7. The van der Waals surface area contributed by atoms with Gasteiger partial charge in [-0.15, -0.1) is 0 Å². The summed E-state index contributed by atoms with van der Waals surface area (Å²) in [5, 5.41) is 26.9. The summed E-state index contributed by atoms with van der Waals surface area (Å²) in [5.41, 5.74) is 4.41. The monoisotopic (exact) mass is 798 g/mol. The number of likely N-dealkylation sites (tertiary alicyclic amines) is 1. The normalized spacial score (nSPS) is 18.9. The smallest absolute Gasteiger partial charge is 0.262 e. The van der Waals surface area contributed by atoms with Crippen LogP contribution in [0.3, 0.4) is 0 Å². The van der Waals surface area contributed by atoms with Gasteiger partial charge < -0.3 is 44.9 Å². The van der Waals surface area contributed by atoms with Crippen LogP contribution in [0.25, 0.3) is 0 Å². The molecule has 2 amide bonds. The molecule has 0 radical (unpaired) electrons. The highest BCUT2D eigenvalue weighted by Crippen LogP contribution is 2.41. The van der Waals surface area contributed by atoms with Gasteiger partial charge in [0.25, 0.3) is 5.91 Å². The number of rotatable bonds is 17. The molecule has 314 valence electrons. The number of nitrogens with zero attached hydrogens (tertiary/aromatic N) is 4. The van der Waals surface area contributed by atoms with Crippen molar-refractivity contribution in [1.29, 1.82) is 0 Å². The van der Waals surface area contributed by atoms with E-state index < -0.39 is 6.10 Å². The molecule has 3 aliphatic heterocycles. The van der Waals surface area contributed by atoms with Crippen LogP contribution in [0.5, 0.6) is 11.5 Å². The first-order valence-corrected chi connectivity index (χ1v) is 21.4. The number of carbonyl (C=O) groups is 2. The Kier molecular flexibility index (Phi) is 14.2. The minimum atomic E-state index is -0.924. The summed E-state index contributed by atoms with van der Waals surface area (Å²) in [7, 11) is 0. The maximum absolute atomic E-state index is 13.5. The van der Waals surface area contributed by atoms with Crippen LogP contribution in [0.4, 0.5) is 11.5 Å². The van der Waals surface area contributed by atoms with Crippen LogP contribution in [-0.4, -0.2) is 121 Å². The third kappa shape index (κ3) is 10.7. The fraction of sp³-hybridized carbons (Fsp3) is 0.578. The van der Waals surface area contributed by atoms with Crippen molar-refractivity contribution in [2.45, 2.75) is 95.4 Å². The predicted molar refractivity (Wildman–Crippen MR) is 223 cm³/mol. The fourth-order valence-corrected chi connectivity index (χ4v) is 8.88. The number of benzene rings is 2. The first-order valence-electron chi connectivity index (χ1n) is 21.4. The van der Waals surface area contributed by atoms with Crippen molar-refractivity contribution in [2.24, 2.45) is 0 Å². The summed E-state index contributed by atoms with van der Waals surface area (Å²) >= 11 is 0. The third-order valence-corrected chi connectivity index (χ3v) is 12.3. The van der Waals surface area contributed by atoms with Gasteiger partial charge in [0.15, 0.2) is 12.4 Å². The van der Waals surface area contributed by atoms with Crippen molar-refractivity contribution in [3.05, 3.63) is 77.0 Å². The van der Waals surface area contributed by atoms with Crippen molar-refractivity contribution in [3.63, 3.8) is 0 Å². The maximum atomic E-state index is 13.5. The highest BCUT2D eigenvalue weighted by Gasteiger charge is 2.40. The van der Waals surface area contributed by atoms with E-state index in [0.717, 1.165) is 90.1 Å². The number of hydrogen-bond donors (Lipinski definition) is 4. The van der Waals surface area contributed by atoms with Crippen molar-refractivity contribution >= 4 is 23.3 Å². The van der Waals surface area contributed by atoms with Gasteiger partial charge in [0, 0.05) is 70.2 Å². The summed E-state index contributed by atoms with van der Waals surface area (Å²) < 4.78 is 18.0. The summed E-state index contributed by atoms with van der Waals surface area (Å²) in [5.74, 6) is 1.45. The number of aliphatic hydroxyl groups is 1. The Labute approximate surface area is 343 Å². The Balaban J connectivity index is 0.815. The molecule has 13 heteroatoms. The Morgan fingerprint density at radius 3 is 2.71 bits per heavy atom. The molecular formula is C45H62N6O7.